The van der Waals surface area contributed by atoms with Gasteiger partial charge in [-0.2, -0.15) is 0 Å². The van der Waals surface area contributed by atoms with Crippen molar-refractivity contribution in [3.8, 4) is 11.3 Å². The van der Waals surface area contributed by atoms with Gasteiger partial charge in [-0.15, -0.1) is 12.4 Å². The van der Waals surface area contributed by atoms with Gasteiger partial charge in [-0.05, 0) is 45.0 Å². The van der Waals surface area contributed by atoms with Gasteiger partial charge in [0.2, 0.25) is 0 Å². The van der Waals surface area contributed by atoms with Crippen LogP contribution in [-0.2, 0) is 0 Å². The van der Waals surface area contributed by atoms with Crippen LogP contribution in [-0.4, -0.2) is 66.2 Å². The van der Waals surface area contributed by atoms with Crippen LogP contribution in [0.1, 0.15) is 19.3 Å². The third-order valence-corrected chi connectivity index (χ3v) is 5.14. The van der Waals surface area contributed by atoms with E-state index in [1.54, 1.807) is 0 Å². The van der Waals surface area contributed by atoms with Crippen molar-refractivity contribution in [3.05, 3.63) is 30.7 Å². The molecule has 0 atom stereocenters. The number of rotatable bonds is 3. The van der Waals surface area contributed by atoms with Crippen LogP contribution in [0.5, 0.6) is 0 Å². The van der Waals surface area contributed by atoms with E-state index in [-0.39, 0.29) is 12.4 Å². The van der Waals surface area contributed by atoms with Crippen molar-refractivity contribution in [3.63, 3.8) is 0 Å². The molecule has 2 aliphatic heterocycles. The van der Waals surface area contributed by atoms with Crippen molar-refractivity contribution < 1.29 is 0 Å². The lowest BCUT2D eigenvalue weighted by Crippen LogP contribution is -2.32. The van der Waals surface area contributed by atoms with Gasteiger partial charge in [0.05, 0.1) is 11.9 Å². The predicted octanol–water partition coefficient (Wildman–Crippen LogP) is 2.70. The van der Waals surface area contributed by atoms with E-state index in [2.05, 4.69) is 26.7 Å². The average molecular weight is 375 g/mol. The molecule has 7 heteroatoms. The third kappa shape index (κ3) is 4.07. The van der Waals surface area contributed by atoms with Gasteiger partial charge >= 0.3 is 0 Å². The minimum atomic E-state index is 0. The Morgan fingerprint density at radius 3 is 2.27 bits per heavy atom. The first kappa shape index (κ1) is 18.9. The molecule has 0 N–H and O–H groups in total. The van der Waals surface area contributed by atoms with E-state index in [9.17, 15) is 0 Å². The minimum Gasteiger partial charge on any atom is -0.354 e. The number of aromatic nitrogens is 3. The molecule has 26 heavy (non-hydrogen) atoms. The maximum absolute atomic E-state index is 5.05. The number of halogens is 1. The highest BCUT2D eigenvalue weighted by molar-refractivity contribution is 5.85. The molecule has 0 bridgehead atoms. The van der Waals surface area contributed by atoms with Crippen LogP contribution >= 0.6 is 12.4 Å². The molecular formula is C19H27ClN6. The van der Waals surface area contributed by atoms with Gasteiger partial charge in [0.25, 0.3) is 0 Å². The predicted molar refractivity (Wildman–Crippen MR) is 108 cm³/mol. The maximum Gasteiger partial charge on any atom is 0.172 e. The summed E-state index contributed by atoms with van der Waals surface area (Å²) in [7, 11) is 2.20. The van der Waals surface area contributed by atoms with E-state index >= 15 is 0 Å². The van der Waals surface area contributed by atoms with Crippen LogP contribution < -0.4 is 9.80 Å². The second-order valence-corrected chi connectivity index (χ2v) is 6.98. The molecule has 0 radical (unpaired) electrons. The summed E-state index contributed by atoms with van der Waals surface area (Å²) in [6.45, 7) is 6.44. The number of hydrogen-bond acceptors (Lipinski definition) is 6. The molecule has 2 aliphatic rings. The van der Waals surface area contributed by atoms with Gasteiger partial charge in [-0.1, -0.05) is 0 Å². The highest BCUT2D eigenvalue weighted by atomic mass is 35.5. The summed E-state index contributed by atoms with van der Waals surface area (Å²) in [5.74, 6) is 2.10. The Morgan fingerprint density at radius 2 is 1.50 bits per heavy atom. The highest BCUT2D eigenvalue weighted by Crippen LogP contribution is 2.31. The second-order valence-electron chi connectivity index (χ2n) is 6.98. The lowest BCUT2D eigenvalue weighted by molar-refractivity contribution is 0.360. The molecule has 2 saturated heterocycles. The fourth-order valence-electron chi connectivity index (χ4n) is 3.66. The molecule has 0 spiro atoms. The average Bonchev–Trinajstić information content (AvgIpc) is 3.11. The Balaban J connectivity index is 0.00000196. The summed E-state index contributed by atoms with van der Waals surface area (Å²) >= 11 is 0. The summed E-state index contributed by atoms with van der Waals surface area (Å²) in [4.78, 5) is 21.2. The Labute approximate surface area is 161 Å². The minimum absolute atomic E-state index is 0. The van der Waals surface area contributed by atoms with Gasteiger partial charge in [0.1, 0.15) is 0 Å². The fourth-order valence-corrected chi connectivity index (χ4v) is 3.66. The van der Waals surface area contributed by atoms with Crippen LogP contribution in [0.4, 0.5) is 11.6 Å². The maximum atomic E-state index is 5.05. The first-order valence-electron chi connectivity index (χ1n) is 9.27. The standard InChI is InChI=1S/C19H26N6.ClH/c1-23-9-4-12-25(14-13-23)19-18(24-10-2-3-11-24)21-15-17(22-19)16-5-7-20-8-6-16;/h5-8,15H,2-4,9-14H2,1H3;1H. The Kier molecular flexibility index (Phi) is 6.27. The summed E-state index contributed by atoms with van der Waals surface area (Å²) in [5, 5.41) is 0. The molecule has 4 rings (SSSR count). The van der Waals surface area contributed by atoms with Crippen molar-refractivity contribution in [1.29, 1.82) is 0 Å². The number of pyridine rings is 1. The lowest BCUT2D eigenvalue weighted by atomic mass is 10.2. The van der Waals surface area contributed by atoms with Crippen molar-refractivity contribution >= 4 is 24.0 Å². The molecule has 0 aliphatic carbocycles. The third-order valence-electron chi connectivity index (χ3n) is 5.14. The van der Waals surface area contributed by atoms with Crippen molar-refractivity contribution in [2.24, 2.45) is 0 Å². The number of likely N-dealkylation sites (N-methyl/N-ethyl adjacent to an activating group) is 1. The first-order valence-corrected chi connectivity index (χ1v) is 9.27. The molecular weight excluding hydrogens is 348 g/mol. The molecule has 0 unspecified atom stereocenters. The fraction of sp³-hybridized carbons (Fsp3) is 0.526. The zero-order valence-electron chi connectivity index (χ0n) is 15.3. The Hall–Kier alpha value is -1.92. The van der Waals surface area contributed by atoms with Gasteiger partial charge < -0.3 is 14.7 Å². The van der Waals surface area contributed by atoms with Gasteiger partial charge in [0.15, 0.2) is 11.6 Å². The topological polar surface area (TPSA) is 48.4 Å². The molecule has 0 aromatic carbocycles. The van der Waals surface area contributed by atoms with E-state index in [0.717, 1.165) is 68.6 Å². The van der Waals surface area contributed by atoms with Gasteiger partial charge in [-0.25, -0.2) is 9.97 Å². The Bertz CT molecular complexity index is 704. The summed E-state index contributed by atoms with van der Waals surface area (Å²) in [6, 6.07) is 4.00. The molecule has 2 fully saturated rings. The van der Waals surface area contributed by atoms with E-state index in [1.807, 2.05) is 30.7 Å². The first-order chi connectivity index (χ1) is 12.3. The van der Waals surface area contributed by atoms with Gasteiger partial charge in [0, 0.05) is 50.7 Å². The SMILES string of the molecule is CN1CCCN(c2nc(-c3ccncc3)cnc2N2CCCC2)CC1.Cl. The normalized spacial score (nSPS) is 18.5. The molecule has 140 valence electrons. The molecule has 2 aromatic heterocycles. The van der Waals surface area contributed by atoms with Crippen molar-refractivity contribution in [2.75, 3.05) is 56.1 Å². The summed E-state index contributed by atoms with van der Waals surface area (Å²) in [5.41, 5.74) is 2.00. The zero-order chi connectivity index (χ0) is 17.1. The van der Waals surface area contributed by atoms with Crippen LogP contribution in [0.15, 0.2) is 30.7 Å². The molecule has 0 saturated carbocycles. The smallest absolute Gasteiger partial charge is 0.172 e. The monoisotopic (exact) mass is 374 g/mol. The zero-order valence-corrected chi connectivity index (χ0v) is 16.2. The van der Waals surface area contributed by atoms with E-state index in [4.69, 9.17) is 9.97 Å². The van der Waals surface area contributed by atoms with E-state index < -0.39 is 0 Å². The quantitative estimate of drug-likeness (QED) is 0.823. The number of nitrogens with zero attached hydrogens (tertiary/aromatic N) is 6. The Morgan fingerprint density at radius 1 is 0.808 bits per heavy atom. The molecule has 2 aromatic rings. The van der Waals surface area contributed by atoms with Crippen LogP contribution in [0, 0.1) is 0 Å². The highest BCUT2D eigenvalue weighted by Gasteiger charge is 2.24. The summed E-state index contributed by atoms with van der Waals surface area (Å²) in [6.07, 6.45) is 9.19. The summed E-state index contributed by atoms with van der Waals surface area (Å²) < 4.78 is 0. The molecule has 0 amide bonds. The van der Waals surface area contributed by atoms with Crippen LogP contribution in [0.25, 0.3) is 11.3 Å². The van der Waals surface area contributed by atoms with E-state index in [1.165, 1.54) is 12.8 Å². The lowest BCUT2D eigenvalue weighted by Gasteiger charge is -2.27. The molecule has 6 nitrogen and oxygen atoms in total. The van der Waals surface area contributed by atoms with Gasteiger partial charge in [-0.3, -0.25) is 4.98 Å². The van der Waals surface area contributed by atoms with Crippen molar-refractivity contribution in [2.45, 2.75) is 19.3 Å². The van der Waals surface area contributed by atoms with Crippen LogP contribution in [0.2, 0.25) is 0 Å². The van der Waals surface area contributed by atoms with Crippen LogP contribution in [0.3, 0.4) is 0 Å². The second kappa shape index (κ2) is 8.64. The van der Waals surface area contributed by atoms with E-state index in [0.29, 0.717) is 0 Å². The van der Waals surface area contributed by atoms with Crippen molar-refractivity contribution in [1.82, 2.24) is 19.9 Å². The molecule has 4 heterocycles. The number of anilines is 2. The number of hydrogen-bond donors (Lipinski definition) is 0. The largest absolute Gasteiger partial charge is 0.354 e.